The van der Waals surface area contributed by atoms with E-state index in [0.29, 0.717) is 0 Å². The Bertz CT molecular complexity index is 144. The van der Waals surface area contributed by atoms with Crippen LogP contribution in [0.1, 0.15) is 33.6 Å². The Morgan fingerprint density at radius 3 is 2.08 bits per heavy atom. The molecule has 0 saturated heterocycles. The molecule has 0 saturated carbocycles. The molecule has 0 radical (unpaired) electrons. The fraction of sp³-hybridized carbons (Fsp3) is 1.00. The summed E-state index contributed by atoms with van der Waals surface area (Å²) in [5, 5.41) is 0. The highest BCUT2D eigenvalue weighted by Crippen LogP contribution is 2.28. The van der Waals surface area contributed by atoms with Gasteiger partial charge in [-0.3, -0.25) is 0 Å². The zero-order valence-corrected chi connectivity index (χ0v) is 12.0. The van der Waals surface area contributed by atoms with E-state index in [1.807, 2.05) is 0 Å². The van der Waals surface area contributed by atoms with Crippen LogP contribution in [0.2, 0.25) is 19.1 Å². The molecule has 1 atom stereocenters. The molecule has 0 aliphatic carbocycles. The van der Waals surface area contributed by atoms with E-state index in [0.717, 1.165) is 12.3 Å². The minimum Gasteiger partial charge on any atom is -0.168 e. The Labute approximate surface area is 93.7 Å². The van der Waals surface area contributed by atoms with Crippen LogP contribution in [0.4, 0.5) is 0 Å². The third-order valence-corrected chi connectivity index (χ3v) is 4.39. The lowest BCUT2D eigenvalue weighted by atomic mass is 10.0. The summed E-state index contributed by atoms with van der Waals surface area (Å²) in [7, 11) is -1.39. The number of halogens is 2. The molecule has 3 heteroatoms. The lowest BCUT2D eigenvalue weighted by Crippen LogP contribution is -2.21. The number of alkyl halides is 1. The van der Waals surface area contributed by atoms with Gasteiger partial charge < -0.3 is 0 Å². The van der Waals surface area contributed by atoms with Crippen molar-refractivity contribution in [3.05, 3.63) is 0 Å². The molecule has 0 rings (SSSR count). The van der Waals surface area contributed by atoms with Crippen molar-refractivity contribution in [2.45, 2.75) is 57.6 Å². The van der Waals surface area contributed by atoms with Gasteiger partial charge in [-0.15, -0.1) is 11.6 Å². The topological polar surface area (TPSA) is 0 Å². The van der Waals surface area contributed by atoms with Crippen molar-refractivity contribution < 1.29 is 0 Å². The molecule has 0 amide bonds. The highest BCUT2D eigenvalue weighted by atomic mass is 35.6. The van der Waals surface area contributed by atoms with Crippen LogP contribution in [0.25, 0.3) is 0 Å². The minimum atomic E-state index is -1.39. The summed E-state index contributed by atoms with van der Waals surface area (Å²) in [5.74, 6) is 0.720. The van der Waals surface area contributed by atoms with E-state index in [-0.39, 0.29) is 4.87 Å². The normalized spacial score (nSPS) is 15.9. The monoisotopic (exact) mass is 240 g/mol. The van der Waals surface area contributed by atoms with E-state index in [4.69, 9.17) is 22.7 Å². The second-order valence-electron chi connectivity index (χ2n) is 5.29. The van der Waals surface area contributed by atoms with Gasteiger partial charge in [0.1, 0.15) is 0 Å². The molecule has 0 aromatic heterocycles. The molecule has 0 bridgehead atoms. The predicted molar refractivity (Wildman–Crippen MR) is 66.5 cm³/mol. The van der Waals surface area contributed by atoms with Gasteiger partial charge >= 0.3 is 0 Å². The third-order valence-electron chi connectivity index (χ3n) is 2.07. The van der Waals surface area contributed by atoms with Crippen LogP contribution in [0.3, 0.4) is 0 Å². The van der Waals surface area contributed by atoms with Crippen molar-refractivity contribution in [2.75, 3.05) is 0 Å². The molecule has 0 aliphatic rings. The van der Waals surface area contributed by atoms with Gasteiger partial charge in [0, 0.05) is 4.87 Å². The quantitative estimate of drug-likeness (QED) is 0.366. The molecule has 0 heterocycles. The van der Waals surface area contributed by atoms with Gasteiger partial charge in [-0.05, 0) is 38.7 Å². The van der Waals surface area contributed by atoms with E-state index in [1.165, 1.54) is 12.5 Å². The largest absolute Gasteiger partial charge is 0.168 e. The second kappa shape index (κ2) is 5.04. The van der Waals surface area contributed by atoms with Crippen LogP contribution >= 0.6 is 22.7 Å². The highest BCUT2D eigenvalue weighted by molar-refractivity contribution is 7.19. The summed E-state index contributed by atoms with van der Waals surface area (Å²) >= 11 is 12.4. The Balaban J connectivity index is 3.70. The first-order valence-electron chi connectivity index (χ1n) is 4.98. The lowest BCUT2D eigenvalue weighted by molar-refractivity contribution is 0.493. The molecule has 13 heavy (non-hydrogen) atoms. The van der Waals surface area contributed by atoms with E-state index in [9.17, 15) is 0 Å². The van der Waals surface area contributed by atoms with Crippen molar-refractivity contribution in [2.24, 2.45) is 5.92 Å². The van der Waals surface area contributed by atoms with Crippen LogP contribution in [-0.4, -0.2) is 12.3 Å². The first kappa shape index (κ1) is 13.8. The molecule has 0 nitrogen and oxygen atoms in total. The molecule has 0 N–H and O–H groups in total. The fourth-order valence-corrected chi connectivity index (χ4v) is 4.28. The predicted octanol–water partition coefficient (Wildman–Crippen LogP) is 4.86. The fourth-order valence-electron chi connectivity index (χ4n) is 1.52. The lowest BCUT2D eigenvalue weighted by Gasteiger charge is -2.22. The summed E-state index contributed by atoms with van der Waals surface area (Å²) in [4.78, 5) is -0.0493. The maximum Gasteiger partial charge on any atom is 0.150 e. The van der Waals surface area contributed by atoms with Gasteiger partial charge in [-0.2, -0.15) is 11.1 Å². The van der Waals surface area contributed by atoms with E-state index in [2.05, 4.69) is 33.9 Å². The molecular formula is C10H22Cl2Si. The summed E-state index contributed by atoms with van der Waals surface area (Å²) in [6.45, 7) is 10.8. The Morgan fingerprint density at radius 2 is 1.77 bits per heavy atom. The Morgan fingerprint density at radius 1 is 1.31 bits per heavy atom. The molecule has 0 fully saturated rings. The van der Waals surface area contributed by atoms with Crippen molar-refractivity contribution in [1.82, 2.24) is 0 Å². The molecule has 0 spiro atoms. The summed E-state index contributed by atoms with van der Waals surface area (Å²) in [5.41, 5.74) is 0. The number of rotatable bonds is 5. The average molecular weight is 241 g/mol. The zero-order chi connectivity index (χ0) is 10.7. The van der Waals surface area contributed by atoms with Crippen molar-refractivity contribution in [3.63, 3.8) is 0 Å². The van der Waals surface area contributed by atoms with E-state index < -0.39 is 7.38 Å². The minimum absolute atomic E-state index is 0.0493. The Hall–Kier alpha value is 0.797. The van der Waals surface area contributed by atoms with Gasteiger partial charge in [-0.1, -0.05) is 20.0 Å². The summed E-state index contributed by atoms with van der Waals surface area (Å²) < 4.78 is 0. The first-order chi connectivity index (χ1) is 5.60. The van der Waals surface area contributed by atoms with E-state index in [1.54, 1.807) is 0 Å². The molecule has 1 unspecified atom stereocenters. The molecule has 0 aromatic carbocycles. The smallest absolute Gasteiger partial charge is 0.150 e. The van der Waals surface area contributed by atoms with Crippen molar-refractivity contribution >= 4 is 30.1 Å². The average Bonchev–Trinajstić information content (AvgIpc) is 1.78. The van der Waals surface area contributed by atoms with Crippen LogP contribution in [0.5, 0.6) is 0 Å². The summed E-state index contributed by atoms with van der Waals surface area (Å²) in [6.07, 6.45) is 2.27. The highest BCUT2D eigenvalue weighted by Gasteiger charge is 2.22. The van der Waals surface area contributed by atoms with Crippen LogP contribution in [-0.2, 0) is 0 Å². The first-order valence-corrected chi connectivity index (χ1v) is 9.58. The van der Waals surface area contributed by atoms with Gasteiger partial charge in [0.15, 0.2) is 7.38 Å². The third kappa shape index (κ3) is 10.7. The summed E-state index contributed by atoms with van der Waals surface area (Å²) in [6, 6.07) is 1.20. The maximum atomic E-state index is 6.28. The van der Waals surface area contributed by atoms with Crippen LogP contribution in [0.15, 0.2) is 0 Å². The van der Waals surface area contributed by atoms with Crippen molar-refractivity contribution in [3.8, 4) is 0 Å². The number of hydrogen-bond donors (Lipinski definition) is 0. The Kier molecular flexibility index (Phi) is 5.35. The van der Waals surface area contributed by atoms with Crippen molar-refractivity contribution in [1.29, 1.82) is 0 Å². The van der Waals surface area contributed by atoms with Gasteiger partial charge in [0.2, 0.25) is 0 Å². The van der Waals surface area contributed by atoms with Gasteiger partial charge in [0.05, 0.1) is 0 Å². The van der Waals surface area contributed by atoms with Crippen LogP contribution < -0.4 is 0 Å². The van der Waals surface area contributed by atoms with Gasteiger partial charge in [-0.25, -0.2) is 0 Å². The zero-order valence-electron chi connectivity index (χ0n) is 9.45. The van der Waals surface area contributed by atoms with Gasteiger partial charge in [0.25, 0.3) is 0 Å². The molecular weight excluding hydrogens is 219 g/mol. The van der Waals surface area contributed by atoms with Crippen LogP contribution in [0, 0.1) is 5.92 Å². The standard InChI is InChI=1S/C10H22Cl2Si/c1-9(8-13(4,5)12)6-7-10(2,3)11/h9H,6-8H2,1-5H3. The second-order valence-corrected chi connectivity index (χ2v) is 13.2. The molecule has 80 valence electrons. The molecule has 0 aromatic rings. The SMILES string of the molecule is CC(CCC(C)(C)Cl)C[Si](C)(C)Cl. The molecule has 0 aliphatic heterocycles. The number of hydrogen-bond acceptors (Lipinski definition) is 0. The maximum absolute atomic E-state index is 6.28. The van der Waals surface area contributed by atoms with E-state index >= 15 is 0 Å².